The second-order valence-corrected chi connectivity index (χ2v) is 11.2. The molecular formula is C34H24N2O. The molecule has 3 heteroatoms. The molecule has 0 aliphatic heterocycles. The van der Waals surface area contributed by atoms with Gasteiger partial charge in [-0.3, -0.25) is 4.79 Å². The zero-order valence-electron chi connectivity index (χ0n) is 20.2. The van der Waals surface area contributed by atoms with E-state index in [9.17, 15) is 4.79 Å². The zero-order valence-corrected chi connectivity index (χ0v) is 20.2. The molecule has 1 fully saturated rings. The van der Waals surface area contributed by atoms with Crippen molar-refractivity contribution in [2.45, 2.75) is 18.8 Å². The predicted molar refractivity (Wildman–Crippen MR) is 151 cm³/mol. The van der Waals surface area contributed by atoms with E-state index in [-0.39, 0.29) is 23.5 Å². The van der Waals surface area contributed by atoms with E-state index in [1.807, 2.05) is 6.08 Å². The van der Waals surface area contributed by atoms with Gasteiger partial charge >= 0.3 is 0 Å². The van der Waals surface area contributed by atoms with Crippen LogP contribution in [0.3, 0.4) is 0 Å². The number of nitrogen functional groups attached to an aromatic ring is 1. The van der Waals surface area contributed by atoms with E-state index in [4.69, 9.17) is 11.5 Å². The largest absolute Gasteiger partial charge is 0.398 e. The van der Waals surface area contributed by atoms with Gasteiger partial charge in [0, 0.05) is 39.6 Å². The minimum Gasteiger partial charge on any atom is -0.398 e. The van der Waals surface area contributed by atoms with Crippen molar-refractivity contribution in [2.75, 3.05) is 5.73 Å². The van der Waals surface area contributed by atoms with Crippen molar-refractivity contribution >= 4 is 44.8 Å². The van der Waals surface area contributed by atoms with Gasteiger partial charge in [0.15, 0.2) is 5.78 Å². The van der Waals surface area contributed by atoms with Crippen LogP contribution in [0.5, 0.6) is 0 Å². The van der Waals surface area contributed by atoms with Gasteiger partial charge in [-0.2, -0.15) is 0 Å². The molecule has 4 aromatic carbocycles. The summed E-state index contributed by atoms with van der Waals surface area (Å²) in [5, 5.41) is 6.09. The van der Waals surface area contributed by atoms with Crippen LogP contribution in [-0.2, 0) is 11.2 Å². The molecule has 3 nitrogen and oxygen atoms in total. The Kier molecular flexibility index (Phi) is 3.47. The fourth-order valence-electron chi connectivity index (χ4n) is 8.13. The van der Waals surface area contributed by atoms with Gasteiger partial charge in [0.2, 0.25) is 0 Å². The highest BCUT2D eigenvalue weighted by molar-refractivity contribution is 6.24. The Morgan fingerprint density at radius 2 is 1.65 bits per heavy atom. The zero-order chi connectivity index (χ0) is 24.6. The first kappa shape index (κ1) is 19.8. The number of hydrogen-bond acceptors (Lipinski definition) is 3. The lowest BCUT2D eigenvalue weighted by Gasteiger charge is -2.45. The minimum atomic E-state index is -0.135. The molecule has 176 valence electrons. The highest BCUT2D eigenvalue weighted by atomic mass is 16.1. The molecular weight excluding hydrogens is 452 g/mol. The summed E-state index contributed by atoms with van der Waals surface area (Å²) < 4.78 is 0. The molecule has 0 saturated heterocycles. The molecule has 3 atom stereocenters. The third-order valence-corrected chi connectivity index (χ3v) is 9.48. The molecule has 5 aliphatic rings. The standard InChI is InChI=1S/C34H24N2O/c35-25-14-23-20-6-2-1-4-16(20)12-18-8-10-21-22-11-9-19-13-17-5-3-7-27(37)28(17)24-15-26(36)34(32(22)30(19)24)33(25)31(21)29(18)23/h1-11,14-15,24,28,30H,12-13,35-36H2. The molecule has 3 unspecified atom stereocenters. The first-order chi connectivity index (χ1) is 18.1. The first-order valence-corrected chi connectivity index (χ1v) is 13.1. The molecule has 37 heavy (non-hydrogen) atoms. The number of carbonyl (C=O) groups is 1. The number of fused-ring (bicyclic) bond motifs is 6. The molecule has 5 aliphatic carbocycles. The summed E-state index contributed by atoms with van der Waals surface area (Å²) >= 11 is 0. The molecule has 9 rings (SSSR count). The predicted octanol–water partition coefficient (Wildman–Crippen LogP) is 5.68. The average molecular weight is 477 g/mol. The van der Waals surface area contributed by atoms with Crippen LogP contribution in [0.1, 0.15) is 34.6 Å². The Bertz CT molecular complexity index is 1980. The summed E-state index contributed by atoms with van der Waals surface area (Å²) in [6.07, 6.45) is 14.3. The normalized spacial score (nSPS) is 24.1. The number of ketones is 1. The molecule has 0 amide bonds. The Morgan fingerprint density at radius 1 is 0.784 bits per heavy atom. The number of nitrogens with two attached hydrogens (primary N) is 2. The minimum absolute atomic E-state index is 0.0359. The van der Waals surface area contributed by atoms with Gasteiger partial charge in [0.1, 0.15) is 0 Å². The summed E-state index contributed by atoms with van der Waals surface area (Å²) in [5.74, 6) is 0.243. The van der Waals surface area contributed by atoms with Gasteiger partial charge in [-0.15, -0.1) is 0 Å². The number of benzene rings is 4. The molecule has 0 spiro atoms. The topological polar surface area (TPSA) is 69.1 Å². The summed E-state index contributed by atoms with van der Waals surface area (Å²) in [6.45, 7) is 0. The third kappa shape index (κ3) is 2.27. The van der Waals surface area contributed by atoms with Crippen molar-refractivity contribution in [1.82, 2.24) is 0 Å². The van der Waals surface area contributed by atoms with Crippen LogP contribution in [0, 0.1) is 11.8 Å². The number of hydrogen-bond donors (Lipinski definition) is 2. The van der Waals surface area contributed by atoms with Crippen molar-refractivity contribution in [3.63, 3.8) is 0 Å². The van der Waals surface area contributed by atoms with E-state index >= 15 is 0 Å². The quantitative estimate of drug-likeness (QED) is 0.282. The average Bonchev–Trinajstić information content (AvgIpc) is 2.90. The maximum absolute atomic E-state index is 13.1. The summed E-state index contributed by atoms with van der Waals surface area (Å²) in [6, 6.07) is 15.4. The monoisotopic (exact) mass is 476 g/mol. The second-order valence-electron chi connectivity index (χ2n) is 11.2. The van der Waals surface area contributed by atoms with Crippen LogP contribution in [0.4, 0.5) is 5.69 Å². The molecule has 4 N–H and O–H groups in total. The first-order valence-electron chi connectivity index (χ1n) is 13.1. The number of allylic oxidation sites excluding steroid dienone is 7. The Balaban J connectivity index is 1.45. The maximum atomic E-state index is 13.1. The molecule has 4 aromatic rings. The van der Waals surface area contributed by atoms with Crippen LogP contribution in [0.25, 0.3) is 44.4 Å². The van der Waals surface area contributed by atoms with E-state index < -0.39 is 0 Å². The molecule has 0 heterocycles. The molecule has 0 aromatic heterocycles. The number of carbonyl (C=O) groups excluding carboxylic acids is 1. The number of anilines is 1. The van der Waals surface area contributed by atoms with Crippen molar-refractivity contribution in [1.29, 1.82) is 0 Å². The second kappa shape index (κ2) is 6.49. The van der Waals surface area contributed by atoms with E-state index in [2.05, 4.69) is 66.8 Å². The van der Waals surface area contributed by atoms with Gasteiger partial charge in [0.05, 0.1) is 5.92 Å². The highest BCUT2D eigenvalue weighted by Crippen LogP contribution is 2.56. The molecule has 0 radical (unpaired) electrons. The molecule has 1 saturated carbocycles. The lowest BCUT2D eigenvalue weighted by atomic mass is 9.58. The fraction of sp³-hybridized carbons (Fsp3) is 0.147. The smallest absolute Gasteiger partial charge is 0.163 e. The maximum Gasteiger partial charge on any atom is 0.163 e. The summed E-state index contributed by atoms with van der Waals surface area (Å²) in [5.41, 5.74) is 25.5. The van der Waals surface area contributed by atoms with E-state index in [1.54, 1.807) is 6.08 Å². The lowest BCUT2D eigenvalue weighted by molar-refractivity contribution is -0.118. The van der Waals surface area contributed by atoms with Crippen molar-refractivity contribution in [2.24, 2.45) is 17.6 Å². The van der Waals surface area contributed by atoms with Crippen LogP contribution in [0.15, 0.2) is 84.0 Å². The Hall–Kier alpha value is -4.37. The van der Waals surface area contributed by atoms with Gasteiger partial charge in [-0.05, 0) is 68.8 Å². The van der Waals surface area contributed by atoms with Gasteiger partial charge < -0.3 is 11.5 Å². The van der Waals surface area contributed by atoms with Crippen molar-refractivity contribution in [3.8, 4) is 11.1 Å². The highest BCUT2D eigenvalue weighted by Gasteiger charge is 2.46. The van der Waals surface area contributed by atoms with Gasteiger partial charge in [-0.1, -0.05) is 77.9 Å². The Morgan fingerprint density at radius 3 is 2.57 bits per heavy atom. The van der Waals surface area contributed by atoms with Gasteiger partial charge in [0.25, 0.3) is 0 Å². The van der Waals surface area contributed by atoms with E-state index in [0.29, 0.717) is 0 Å². The van der Waals surface area contributed by atoms with Crippen LogP contribution in [0.2, 0.25) is 0 Å². The van der Waals surface area contributed by atoms with E-state index in [0.717, 1.165) is 35.2 Å². The SMILES string of the molecule is NC1=CC2C3C(=O)C=CC=C3CC3=CC=c4c(c1c1c(N)cc5c6c(ccc4c61)Cc1ccccc1-5)C32. The summed E-state index contributed by atoms with van der Waals surface area (Å²) in [7, 11) is 0. The van der Waals surface area contributed by atoms with Crippen LogP contribution < -0.4 is 16.7 Å². The van der Waals surface area contributed by atoms with Crippen LogP contribution in [-0.4, -0.2) is 5.78 Å². The van der Waals surface area contributed by atoms with Crippen molar-refractivity contribution < 1.29 is 4.79 Å². The Labute approximate surface area is 214 Å². The number of rotatable bonds is 0. The summed E-state index contributed by atoms with van der Waals surface area (Å²) in [4.78, 5) is 13.1. The lowest BCUT2D eigenvalue weighted by Crippen LogP contribution is -2.40. The fourth-order valence-corrected chi connectivity index (χ4v) is 8.13. The van der Waals surface area contributed by atoms with Crippen molar-refractivity contribution in [3.05, 3.63) is 111 Å². The third-order valence-electron chi connectivity index (χ3n) is 9.48. The van der Waals surface area contributed by atoms with Crippen LogP contribution >= 0.6 is 0 Å². The van der Waals surface area contributed by atoms with Gasteiger partial charge in [-0.25, -0.2) is 0 Å². The van der Waals surface area contributed by atoms with E-state index in [1.165, 1.54) is 60.3 Å². The molecule has 0 bridgehead atoms.